The van der Waals surface area contributed by atoms with Gasteiger partial charge in [-0.3, -0.25) is 4.90 Å². The Hall–Kier alpha value is -0.860. The summed E-state index contributed by atoms with van der Waals surface area (Å²) in [6.45, 7) is 5.45. The van der Waals surface area contributed by atoms with Gasteiger partial charge in [-0.1, -0.05) is 25.1 Å². The van der Waals surface area contributed by atoms with Crippen LogP contribution >= 0.6 is 0 Å². The molecule has 1 fully saturated rings. The van der Waals surface area contributed by atoms with Crippen molar-refractivity contribution in [2.45, 2.75) is 51.6 Å². The van der Waals surface area contributed by atoms with Crippen LogP contribution in [0.1, 0.15) is 42.9 Å². The molecule has 0 aromatic heterocycles. The monoisotopic (exact) mass is 258 g/mol. The first-order valence-corrected chi connectivity index (χ1v) is 7.81. The van der Waals surface area contributed by atoms with Crippen LogP contribution in [0.2, 0.25) is 0 Å². The van der Waals surface area contributed by atoms with Crippen molar-refractivity contribution in [3.05, 3.63) is 34.9 Å². The lowest BCUT2D eigenvalue weighted by Crippen LogP contribution is -2.45. The predicted octanol–water partition coefficient (Wildman–Crippen LogP) is 2.73. The molecule has 0 spiro atoms. The molecule has 2 N–H and O–H groups in total. The standard InChI is InChI=1S/C17H26N2/c1-13-7-8-19(17(9-13)11-18)12-14-5-6-15-3-2-4-16(15)10-14/h5-6,10,13,17H,2-4,7-9,11-12,18H2,1H3. The van der Waals surface area contributed by atoms with E-state index < -0.39 is 0 Å². The van der Waals surface area contributed by atoms with E-state index in [-0.39, 0.29) is 0 Å². The summed E-state index contributed by atoms with van der Waals surface area (Å²) in [6.07, 6.45) is 6.48. The summed E-state index contributed by atoms with van der Waals surface area (Å²) in [5.41, 5.74) is 10.6. The smallest absolute Gasteiger partial charge is 0.0237 e. The first kappa shape index (κ1) is 13.1. The molecule has 1 aromatic rings. The van der Waals surface area contributed by atoms with Crippen LogP contribution in [0.5, 0.6) is 0 Å². The molecule has 1 aromatic carbocycles. The van der Waals surface area contributed by atoms with Gasteiger partial charge in [0.15, 0.2) is 0 Å². The van der Waals surface area contributed by atoms with Crippen LogP contribution in [0.3, 0.4) is 0 Å². The molecule has 1 aliphatic heterocycles. The van der Waals surface area contributed by atoms with Gasteiger partial charge in [0.1, 0.15) is 0 Å². The summed E-state index contributed by atoms with van der Waals surface area (Å²) in [4.78, 5) is 2.59. The van der Waals surface area contributed by atoms with E-state index >= 15 is 0 Å². The van der Waals surface area contributed by atoms with Gasteiger partial charge < -0.3 is 5.73 Å². The van der Waals surface area contributed by atoms with Crippen molar-refractivity contribution in [3.8, 4) is 0 Å². The first-order valence-electron chi connectivity index (χ1n) is 7.81. The fourth-order valence-electron chi connectivity index (χ4n) is 3.71. The summed E-state index contributed by atoms with van der Waals surface area (Å²) >= 11 is 0. The zero-order chi connectivity index (χ0) is 13.2. The number of hydrogen-bond donors (Lipinski definition) is 1. The molecule has 0 saturated carbocycles. The van der Waals surface area contributed by atoms with E-state index in [9.17, 15) is 0 Å². The van der Waals surface area contributed by atoms with Crippen molar-refractivity contribution < 1.29 is 0 Å². The van der Waals surface area contributed by atoms with Crippen molar-refractivity contribution in [1.82, 2.24) is 4.90 Å². The Labute approximate surface area is 117 Å². The second-order valence-corrected chi connectivity index (χ2v) is 6.45. The maximum Gasteiger partial charge on any atom is 0.0237 e. The number of fused-ring (bicyclic) bond motifs is 1. The fraction of sp³-hybridized carbons (Fsp3) is 0.647. The quantitative estimate of drug-likeness (QED) is 0.903. The van der Waals surface area contributed by atoms with Crippen LogP contribution in [0.4, 0.5) is 0 Å². The Bertz CT molecular complexity index is 441. The maximum absolute atomic E-state index is 5.96. The third kappa shape index (κ3) is 2.85. The van der Waals surface area contributed by atoms with Gasteiger partial charge in [0.25, 0.3) is 0 Å². The molecular formula is C17H26N2. The number of benzene rings is 1. The molecule has 1 heterocycles. The Morgan fingerprint density at radius 1 is 1.26 bits per heavy atom. The number of hydrogen-bond acceptors (Lipinski definition) is 2. The third-order valence-electron chi connectivity index (χ3n) is 4.92. The molecule has 2 unspecified atom stereocenters. The van der Waals surface area contributed by atoms with E-state index in [0.717, 1.165) is 19.0 Å². The molecular weight excluding hydrogens is 232 g/mol. The average Bonchev–Trinajstić information content (AvgIpc) is 2.88. The zero-order valence-corrected chi connectivity index (χ0v) is 12.1. The van der Waals surface area contributed by atoms with Crippen LogP contribution in [0.25, 0.3) is 0 Å². The van der Waals surface area contributed by atoms with Crippen molar-refractivity contribution >= 4 is 0 Å². The van der Waals surface area contributed by atoms with Gasteiger partial charge in [-0.15, -0.1) is 0 Å². The van der Waals surface area contributed by atoms with Gasteiger partial charge in [0.2, 0.25) is 0 Å². The van der Waals surface area contributed by atoms with Gasteiger partial charge in [-0.2, -0.15) is 0 Å². The van der Waals surface area contributed by atoms with E-state index in [0.29, 0.717) is 6.04 Å². The molecule has 2 aliphatic rings. The molecule has 1 saturated heterocycles. The number of likely N-dealkylation sites (tertiary alicyclic amines) is 1. The molecule has 2 heteroatoms. The van der Waals surface area contributed by atoms with E-state index in [4.69, 9.17) is 5.73 Å². The highest BCUT2D eigenvalue weighted by atomic mass is 15.2. The number of rotatable bonds is 3. The number of piperidine rings is 1. The molecule has 1 aliphatic carbocycles. The van der Waals surface area contributed by atoms with Crippen molar-refractivity contribution in [1.29, 1.82) is 0 Å². The van der Waals surface area contributed by atoms with E-state index in [2.05, 4.69) is 30.0 Å². The second-order valence-electron chi connectivity index (χ2n) is 6.45. The Balaban J connectivity index is 1.70. The lowest BCUT2D eigenvalue weighted by atomic mass is 9.92. The highest BCUT2D eigenvalue weighted by Gasteiger charge is 2.25. The van der Waals surface area contributed by atoms with Gasteiger partial charge in [-0.05, 0) is 61.3 Å². The molecule has 0 bridgehead atoms. The minimum absolute atomic E-state index is 0.581. The summed E-state index contributed by atoms with van der Waals surface area (Å²) < 4.78 is 0. The van der Waals surface area contributed by atoms with E-state index in [1.165, 1.54) is 44.2 Å². The molecule has 104 valence electrons. The Kier molecular flexibility index (Phi) is 3.90. The van der Waals surface area contributed by atoms with Gasteiger partial charge in [-0.25, -0.2) is 0 Å². The number of nitrogens with zero attached hydrogens (tertiary/aromatic N) is 1. The average molecular weight is 258 g/mol. The highest BCUT2D eigenvalue weighted by Crippen LogP contribution is 2.26. The Morgan fingerprint density at radius 2 is 2.11 bits per heavy atom. The largest absolute Gasteiger partial charge is 0.329 e. The molecule has 2 atom stereocenters. The predicted molar refractivity (Wildman–Crippen MR) is 80.1 cm³/mol. The van der Waals surface area contributed by atoms with E-state index in [1.807, 2.05) is 0 Å². The number of nitrogens with two attached hydrogens (primary N) is 1. The highest BCUT2D eigenvalue weighted by molar-refractivity contribution is 5.35. The van der Waals surface area contributed by atoms with Crippen LogP contribution in [-0.4, -0.2) is 24.0 Å². The van der Waals surface area contributed by atoms with Crippen molar-refractivity contribution in [3.63, 3.8) is 0 Å². The molecule has 0 radical (unpaired) electrons. The summed E-state index contributed by atoms with van der Waals surface area (Å²) in [5.74, 6) is 0.838. The third-order valence-corrected chi connectivity index (χ3v) is 4.92. The summed E-state index contributed by atoms with van der Waals surface area (Å²) in [5, 5.41) is 0. The zero-order valence-electron chi connectivity index (χ0n) is 12.1. The lowest BCUT2D eigenvalue weighted by molar-refractivity contribution is 0.115. The fourth-order valence-corrected chi connectivity index (χ4v) is 3.71. The van der Waals surface area contributed by atoms with Gasteiger partial charge >= 0.3 is 0 Å². The van der Waals surface area contributed by atoms with Crippen LogP contribution in [-0.2, 0) is 19.4 Å². The van der Waals surface area contributed by atoms with Gasteiger partial charge in [0.05, 0.1) is 0 Å². The molecule has 3 rings (SSSR count). The topological polar surface area (TPSA) is 29.3 Å². The summed E-state index contributed by atoms with van der Waals surface area (Å²) in [7, 11) is 0. The SMILES string of the molecule is CC1CCN(Cc2ccc3c(c2)CCC3)C(CN)C1. The maximum atomic E-state index is 5.96. The molecule has 19 heavy (non-hydrogen) atoms. The first-order chi connectivity index (χ1) is 9.26. The summed E-state index contributed by atoms with van der Waals surface area (Å²) in [6, 6.07) is 7.70. The van der Waals surface area contributed by atoms with Crippen LogP contribution < -0.4 is 5.73 Å². The second kappa shape index (κ2) is 5.64. The lowest BCUT2D eigenvalue weighted by Gasteiger charge is -2.38. The minimum atomic E-state index is 0.581. The number of aryl methyl sites for hydroxylation is 2. The van der Waals surface area contributed by atoms with Gasteiger partial charge in [0, 0.05) is 19.1 Å². The van der Waals surface area contributed by atoms with Crippen molar-refractivity contribution in [2.24, 2.45) is 11.7 Å². The Morgan fingerprint density at radius 3 is 2.95 bits per heavy atom. The van der Waals surface area contributed by atoms with Crippen LogP contribution in [0.15, 0.2) is 18.2 Å². The molecule has 0 amide bonds. The van der Waals surface area contributed by atoms with Crippen LogP contribution in [0, 0.1) is 5.92 Å². The minimum Gasteiger partial charge on any atom is -0.329 e. The van der Waals surface area contributed by atoms with Crippen molar-refractivity contribution in [2.75, 3.05) is 13.1 Å². The molecule has 2 nitrogen and oxygen atoms in total. The normalized spacial score (nSPS) is 27.5. The van der Waals surface area contributed by atoms with E-state index in [1.54, 1.807) is 11.1 Å².